The molecule has 0 nitrogen and oxygen atoms in total. The van der Waals surface area contributed by atoms with Crippen molar-refractivity contribution in [3.8, 4) is 0 Å². The topological polar surface area (TPSA) is 0 Å². The number of hydrogen-bond acceptors (Lipinski definition) is 0. The first kappa shape index (κ1) is 5.19. The van der Waals surface area contributed by atoms with E-state index in [-0.39, 0.29) is 27.7 Å². The Kier molecular flexibility index (Phi) is 2.69. The molecule has 0 aromatic rings. The molecule has 1 fully saturated rings. The predicted octanol–water partition coefficient (Wildman–Crippen LogP) is 2.09. The molecule has 1 heterocycles. The third kappa shape index (κ3) is 1.67. The molecule has 6 heavy (non-hydrogen) atoms. The SMILES string of the molecule is C1C[CH2][U][CH2]C1. The molecule has 0 amide bonds. The number of hydrogen-bond donors (Lipinski definition) is 0. The molecular weight excluding hydrogens is 298 g/mol. The van der Waals surface area contributed by atoms with Crippen molar-refractivity contribution in [3.05, 3.63) is 0 Å². The van der Waals surface area contributed by atoms with E-state index < -0.39 is 0 Å². The molecule has 0 unspecified atom stereocenters. The molecule has 0 bridgehead atoms. The molecule has 0 aromatic heterocycles. The third-order valence-corrected chi connectivity index (χ3v) is 7.10. The molecule has 1 aliphatic rings. The summed E-state index contributed by atoms with van der Waals surface area (Å²) in [6.45, 7) is 0. The van der Waals surface area contributed by atoms with Crippen molar-refractivity contribution in [3.63, 3.8) is 0 Å². The van der Waals surface area contributed by atoms with Crippen LogP contribution in [0, 0.1) is 27.7 Å². The van der Waals surface area contributed by atoms with E-state index in [0.717, 1.165) is 0 Å². The summed E-state index contributed by atoms with van der Waals surface area (Å²) in [7, 11) is 0. The Morgan fingerprint density at radius 1 is 0.833 bits per heavy atom. The van der Waals surface area contributed by atoms with E-state index in [9.17, 15) is 0 Å². The average Bonchev–Trinajstić information content (AvgIpc) is 1.72. The Bertz CT molecular complexity index is 19.4. The van der Waals surface area contributed by atoms with E-state index >= 15 is 0 Å². The van der Waals surface area contributed by atoms with Crippen LogP contribution < -0.4 is 0 Å². The summed E-state index contributed by atoms with van der Waals surface area (Å²) in [6, 6.07) is 0. The van der Waals surface area contributed by atoms with Crippen LogP contribution in [0.1, 0.15) is 19.3 Å². The van der Waals surface area contributed by atoms with Crippen molar-refractivity contribution in [1.82, 2.24) is 0 Å². The van der Waals surface area contributed by atoms with Gasteiger partial charge in [-0.25, -0.2) is 0 Å². The first-order valence-electron chi connectivity index (χ1n) is 2.71. The summed E-state index contributed by atoms with van der Waals surface area (Å²) in [6.07, 6.45) is 4.74. The minimum atomic E-state index is 0.00666. The minimum absolute atomic E-state index is 0.00666. The first-order valence-corrected chi connectivity index (χ1v) is 8.60. The van der Waals surface area contributed by atoms with Crippen LogP contribution in [0.4, 0.5) is 0 Å². The summed E-state index contributed by atoms with van der Waals surface area (Å²) in [5.74, 6) is 0. The van der Waals surface area contributed by atoms with Gasteiger partial charge in [-0.2, -0.15) is 0 Å². The van der Waals surface area contributed by atoms with Gasteiger partial charge < -0.3 is 0 Å². The molecule has 1 rings (SSSR count). The van der Waals surface area contributed by atoms with Crippen LogP contribution in [0.25, 0.3) is 0 Å². The van der Waals surface area contributed by atoms with E-state index in [1.165, 1.54) is 0 Å². The summed E-state index contributed by atoms with van der Waals surface area (Å²) in [5.41, 5.74) is 0. The van der Waals surface area contributed by atoms with Crippen molar-refractivity contribution in [2.24, 2.45) is 0 Å². The van der Waals surface area contributed by atoms with Gasteiger partial charge in [-0.1, -0.05) is 0 Å². The van der Waals surface area contributed by atoms with Crippen LogP contribution >= 0.6 is 0 Å². The Hall–Kier alpha value is 1.05. The van der Waals surface area contributed by atoms with Gasteiger partial charge in [0.1, 0.15) is 0 Å². The van der Waals surface area contributed by atoms with E-state index in [4.69, 9.17) is 0 Å². The standard InChI is InChI=1S/C5H10.U/c1-3-5-4-2;/h1-5H2;. The molecule has 0 atom stereocenters. The predicted molar refractivity (Wildman–Crippen MR) is 23.5 cm³/mol. The monoisotopic (exact) mass is 308 g/mol. The molecular formula is C5H10U. The molecule has 0 aliphatic carbocycles. The second-order valence-electron chi connectivity index (χ2n) is 1.81. The van der Waals surface area contributed by atoms with Gasteiger partial charge in [-0.15, -0.1) is 0 Å². The fourth-order valence-electron chi connectivity index (χ4n) is 0.802. The Morgan fingerprint density at radius 3 is 1.67 bits per heavy atom. The summed E-state index contributed by atoms with van der Waals surface area (Å²) < 4.78 is 3.42. The molecule has 0 aromatic carbocycles. The molecule has 0 spiro atoms. The Labute approximate surface area is 53.8 Å². The van der Waals surface area contributed by atoms with E-state index in [2.05, 4.69) is 0 Å². The summed E-state index contributed by atoms with van der Waals surface area (Å²) in [4.78, 5) is 0. The second kappa shape index (κ2) is 3.11. The van der Waals surface area contributed by atoms with Crippen LogP contribution in [0.15, 0.2) is 0 Å². The fraction of sp³-hybridized carbons (Fsp3) is 1.00. The van der Waals surface area contributed by atoms with E-state index in [0.29, 0.717) is 0 Å². The Morgan fingerprint density at radius 2 is 1.50 bits per heavy atom. The van der Waals surface area contributed by atoms with Gasteiger partial charge in [0.15, 0.2) is 0 Å². The van der Waals surface area contributed by atoms with Crippen LogP contribution in [-0.2, 0) is 0 Å². The van der Waals surface area contributed by atoms with Crippen LogP contribution in [0.3, 0.4) is 0 Å². The Balaban J connectivity index is 2.00. The van der Waals surface area contributed by atoms with Gasteiger partial charge >= 0.3 is 53.9 Å². The summed E-state index contributed by atoms with van der Waals surface area (Å²) in [5, 5.41) is 0. The zero-order valence-electron chi connectivity index (χ0n) is 4.04. The average molecular weight is 308 g/mol. The van der Waals surface area contributed by atoms with Crippen LogP contribution in [-0.4, -0.2) is 0 Å². The molecule has 1 heteroatoms. The van der Waals surface area contributed by atoms with Gasteiger partial charge in [0.25, 0.3) is 0 Å². The van der Waals surface area contributed by atoms with Crippen molar-refractivity contribution in [2.45, 2.75) is 26.2 Å². The van der Waals surface area contributed by atoms with Crippen molar-refractivity contribution in [1.29, 1.82) is 0 Å². The van der Waals surface area contributed by atoms with Crippen molar-refractivity contribution < 1.29 is 27.7 Å². The van der Waals surface area contributed by atoms with Crippen LogP contribution in [0.5, 0.6) is 0 Å². The van der Waals surface area contributed by atoms with Crippen molar-refractivity contribution in [2.75, 3.05) is 0 Å². The van der Waals surface area contributed by atoms with Gasteiger partial charge in [-0.05, 0) is 0 Å². The quantitative estimate of drug-likeness (QED) is 0.643. The normalized spacial score (nSPS) is 21.3. The fourth-order valence-corrected chi connectivity index (χ4v) is 6.01. The number of rotatable bonds is 0. The molecule has 0 radical (unpaired) electrons. The maximum absolute atomic E-state index is 1.71. The van der Waals surface area contributed by atoms with E-state index in [1.54, 1.807) is 26.2 Å². The third-order valence-electron chi connectivity index (χ3n) is 1.21. The zero-order chi connectivity index (χ0) is 4.24. The molecule has 34 valence electrons. The maximum atomic E-state index is 1.71. The molecule has 0 N–H and O–H groups in total. The van der Waals surface area contributed by atoms with Crippen LogP contribution in [0.2, 0.25) is 6.91 Å². The van der Waals surface area contributed by atoms with E-state index in [1.807, 2.05) is 0 Å². The first-order chi connectivity index (χ1) is 3.00. The molecule has 1 saturated heterocycles. The zero-order valence-corrected chi connectivity index (χ0v) is 8.20. The van der Waals surface area contributed by atoms with Crippen molar-refractivity contribution >= 4 is 0 Å². The van der Waals surface area contributed by atoms with Gasteiger partial charge in [0, 0.05) is 0 Å². The van der Waals surface area contributed by atoms with Gasteiger partial charge in [0.05, 0.1) is 0 Å². The molecule has 1 aliphatic heterocycles. The molecule has 0 saturated carbocycles. The summed E-state index contributed by atoms with van der Waals surface area (Å²) >= 11 is 0.00666. The van der Waals surface area contributed by atoms with Gasteiger partial charge in [0.2, 0.25) is 0 Å². The van der Waals surface area contributed by atoms with Gasteiger partial charge in [-0.3, -0.25) is 0 Å². The second-order valence-corrected chi connectivity index (χ2v) is 8.06.